The molecule has 1 saturated heterocycles. The number of nitrogens with zero attached hydrogens (tertiary/aromatic N) is 3. The largest absolute Gasteiger partial charge is 0.361 e. The van der Waals surface area contributed by atoms with E-state index in [0.717, 1.165) is 22.0 Å². The van der Waals surface area contributed by atoms with E-state index in [1.807, 2.05) is 36.5 Å². The molecule has 1 aliphatic heterocycles. The smallest absolute Gasteiger partial charge is 0.239 e. The summed E-state index contributed by atoms with van der Waals surface area (Å²) in [5, 5.41) is 3.74. The summed E-state index contributed by atoms with van der Waals surface area (Å²) in [5.74, 6) is 0.272. The first-order valence-electron chi connectivity index (χ1n) is 12.5. The molecule has 0 bridgehead atoms. The SMILES string of the molecule is CC(N)C(=O)N1CCC(S(=O)(=O)c2ccc(Nc3ncc(C=Cc4cccc5[nH]ccc45)cn3)cc2)CC1. The number of likely N-dealkylation sites (tertiary alicyclic amines) is 1. The third-order valence-corrected chi connectivity index (χ3v) is 9.06. The predicted octanol–water partition coefficient (Wildman–Crippen LogP) is 3.98. The molecule has 0 aliphatic carbocycles. The molecule has 196 valence electrons. The zero-order valence-corrected chi connectivity index (χ0v) is 21.9. The summed E-state index contributed by atoms with van der Waals surface area (Å²) >= 11 is 0. The number of piperidine rings is 1. The van der Waals surface area contributed by atoms with Crippen LogP contribution in [0.1, 0.15) is 30.9 Å². The summed E-state index contributed by atoms with van der Waals surface area (Å²) in [5.41, 5.74) is 9.40. The van der Waals surface area contributed by atoms with Gasteiger partial charge in [-0.3, -0.25) is 4.79 Å². The highest BCUT2D eigenvalue weighted by atomic mass is 32.2. The van der Waals surface area contributed by atoms with Crippen LogP contribution in [0.3, 0.4) is 0 Å². The molecule has 9 nitrogen and oxygen atoms in total. The summed E-state index contributed by atoms with van der Waals surface area (Å²) in [6, 6.07) is 14.2. The molecule has 4 aromatic rings. The van der Waals surface area contributed by atoms with E-state index in [-0.39, 0.29) is 10.8 Å². The first kappa shape index (κ1) is 25.6. The van der Waals surface area contributed by atoms with Crippen LogP contribution in [-0.4, -0.2) is 58.6 Å². The molecule has 4 N–H and O–H groups in total. The third kappa shape index (κ3) is 5.46. The van der Waals surface area contributed by atoms with Crippen molar-refractivity contribution in [2.24, 2.45) is 5.73 Å². The number of H-pyrrole nitrogens is 1. The average molecular weight is 531 g/mol. The number of benzene rings is 2. The summed E-state index contributed by atoms with van der Waals surface area (Å²) in [6.45, 7) is 2.44. The molecule has 1 aliphatic rings. The van der Waals surface area contributed by atoms with Crippen LogP contribution in [-0.2, 0) is 14.6 Å². The molecule has 1 unspecified atom stereocenters. The zero-order valence-electron chi connectivity index (χ0n) is 21.0. The Bertz CT molecular complexity index is 1550. The van der Waals surface area contributed by atoms with Crippen molar-refractivity contribution in [1.29, 1.82) is 0 Å². The average Bonchev–Trinajstić information content (AvgIpc) is 3.42. The second-order valence-electron chi connectivity index (χ2n) is 9.47. The van der Waals surface area contributed by atoms with Gasteiger partial charge < -0.3 is 20.9 Å². The maximum absolute atomic E-state index is 13.1. The second-order valence-corrected chi connectivity index (χ2v) is 11.7. The first-order chi connectivity index (χ1) is 18.3. The van der Waals surface area contributed by atoms with Crippen LogP contribution in [0.15, 0.2) is 72.0 Å². The molecule has 2 aromatic heterocycles. The number of carbonyl (C=O) groups excluding carboxylic acids is 1. The molecule has 38 heavy (non-hydrogen) atoms. The van der Waals surface area contributed by atoms with Crippen molar-refractivity contribution in [2.45, 2.75) is 36.0 Å². The highest BCUT2D eigenvalue weighted by Gasteiger charge is 2.33. The molecule has 1 atom stereocenters. The first-order valence-corrected chi connectivity index (χ1v) is 14.1. The molecule has 0 saturated carbocycles. The normalized spacial score (nSPS) is 15.7. The third-order valence-electron chi connectivity index (χ3n) is 6.78. The minimum Gasteiger partial charge on any atom is -0.361 e. The monoisotopic (exact) mass is 530 g/mol. The van der Waals surface area contributed by atoms with E-state index >= 15 is 0 Å². The van der Waals surface area contributed by atoms with Crippen molar-refractivity contribution in [3.05, 3.63) is 78.2 Å². The maximum Gasteiger partial charge on any atom is 0.239 e. The van der Waals surface area contributed by atoms with Gasteiger partial charge in [-0.25, -0.2) is 18.4 Å². The van der Waals surface area contributed by atoms with Crippen molar-refractivity contribution in [1.82, 2.24) is 19.9 Å². The van der Waals surface area contributed by atoms with Gasteiger partial charge in [0.25, 0.3) is 0 Å². The van der Waals surface area contributed by atoms with E-state index in [2.05, 4.69) is 26.3 Å². The highest BCUT2D eigenvalue weighted by molar-refractivity contribution is 7.92. The van der Waals surface area contributed by atoms with Gasteiger partial charge in [0.2, 0.25) is 11.9 Å². The Morgan fingerprint density at radius 3 is 2.47 bits per heavy atom. The predicted molar refractivity (Wildman–Crippen MR) is 149 cm³/mol. The van der Waals surface area contributed by atoms with E-state index in [0.29, 0.717) is 37.6 Å². The lowest BCUT2D eigenvalue weighted by Crippen LogP contribution is -2.48. The fourth-order valence-corrected chi connectivity index (χ4v) is 6.39. The standard InChI is InChI=1S/C28H30N6O3S/c1-19(29)27(35)34-15-12-24(13-16-34)38(36,37)23-9-7-22(8-10-23)33-28-31-17-20(18-32-28)5-6-21-3-2-4-26-25(21)11-14-30-26/h2-11,14,17-19,24,30H,12-13,15-16,29H2,1H3,(H,31,32,33). The topological polar surface area (TPSA) is 134 Å². The van der Waals surface area contributed by atoms with Crippen molar-refractivity contribution >= 4 is 50.4 Å². The minimum atomic E-state index is -3.50. The van der Waals surface area contributed by atoms with Crippen LogP contribution in [0.5, 0.6) is 0 Å². The van der Waals surface area contributed by atoms with Crippen LogP contribution in [0.25, 0.3) is 23.1 Å². The number of hydrogen-bond donors (Lipinski definition) is 3. The Balaban J connectivity index is 1.20. The van der Waals surface area contributed by atoms with Crippen LogP contribution in [0, 0.1) is 0 Å². The van der Waals surface area contributed by atoms with Gasteiger partial charge in [-0.05, 0) is 61.7 Å². The van der Waals surface area contributed by atoms with Crippen molar-refractivity contribution in [2.75, 3.05) is 18.4 Å². The Morgan fingerprint density at radius 1 is 1.08 bits per heavy atom. The van der Waals surface area contributed by atoms with Gasteiger partial charge in [-0.15, -0.1) is 0 Å². The number of aromatic amines is 1. The quantitative estimate of drug-likeness (QED) is 0.329. The van der Waals surface area contributed by atoms with Crippen LogP contribution in [0.4, 0.5) is 11.6 Å². The lowest BCUT2D eigenvalue weighted by molar-refractivity contribution is -0.133. The van der Waals surface area contributed by atoms with Gasteiger partial charge in [-0.1, -0.05) is 24.3 Å². The number of anilines is 2. The Hall–Kier alpha value is -4.02. The summed E-state index contributed by atoms with van der Waals surface area (Å²) in [7, 11) is -3.50. The lowest BCUT2D eigenvalue weighted by Gasteiger charge is -2.32. The zero-order chi connectivity index (χ0) is 26.7. The van der Waals surface area contributed by atoms with Gasteiger partial charge in [0.15, 0.2) is 9.84 Å². The number of fused-ring (bicyclic) bond motifs is 1. The number of aromatic nitrogens is 3. The number of carbonyl (C=O) groups is 1. The molecule has 1 amide bonds. The van der Waals surface area contributed by atoms with Crippen LogP contribution >= 0.6 is 0 Å². The van der Waals surface area contributed by atoms with Gasteiger partial charge in [0, 0.05) is 53.8 Å². The van der Waals surface area contributed by atoms with Crippen molar-refractivity contribution < 1.29 is 13.2 Å². The fourth-order valence-electron chi connectivity index (χ4n) is 4.65. The molecule has 2 aromatic carbocycles. The lowest BCUT2D eigenvalue weighted by atomic mass is 10.1. The van der Waals surface area contributed by atoms with E-state index in [4.69, 9.17) is 5.73 Å². The Labute approximate surface area is 221 Å². The van der Waals surface area contributed by atoms with E-state index < -0.39 is 21.1 Å². The van der Waals surface area contributed by atoms with Gasteiger partial charge in [0.05, 0.1) is 16.2 Å². The van der Waals surface area contributed by atoms with E-state index in [1.54, 1.807) is 48.5 Å². The van der Waals surface area contributed by atoms with Gasteiger partial charge in [0.1, 0.15) is 0 Å². The van der Waals surface area contributed by atoms with Crippen molar-refractivity contribution in [3.63, 3.8) is 0 Å². The second kappa shape index (κ2) is 10.8. The molecular weight excluding hydrogens is 500 g/mol. The molecule has 3 heterocycles. The summed E-state index contributed by atoms with van der Waals surface area (Å²) in [4.78, 5) is 26.0. The Morgan fingerprint density at radius 2 is 1.79 bits per heavy atom. The number of hydrogen-bond acceptors (Lipinski definition) is 7. The van der Waals surface area contributed by atoms with Gasteiger partial charge >= 0.3 is 0 Å². The van der Waals surface area contributed by atoms with Crippen LogP contribution in [0.2, 0.25) is 0 Å². The van der Waals surface area contributed by atoms with Gasteiger partial charge in [-0.2, -0.15) is 0 Å². The fraction of sp³-hybridized carbons (Fsp3) is 0.250. The minimum absolute atomic E-state index is 0.142. The van der Waals surface area contributed by atoms with E-state index in [9.17, 15) is 13.2 Å². The Kier molecular flexibility index (Phi) is 7.26. The molecule has 10 heteroatoms. The molecule has 0 spiro atoms. The maximum atomic E-state index is 13.1. The number of amides is 1. The molecule has 0 radical (unpaired) electrons. The molecule has 1 fully saturated rings. The molecule has 5 rings (SSSR count). The number of rotatable bonds is 7. The summed E-state index contributed by atoms with van der Waals surface area (Å²) < 4.78 is 26.3. The van der Waals surface area contributed by atoms with E-state index in [1.165, 1.54) is 0 Å². The number of nitrogens with one attached hydrogen (secondary N) is 2. The summed E-state index contributed by atoms with van der Waals surface area (Å²) in [6.07, 6.45) is 10.2. The number of nitrogens with two attached hydrogens (primary N) is 1. The number of sulfone groups is 1. The van der Waals surface area contributed by atoms with Crippen LogP contribution < -0.4 is 11.1 Å². The molecular formula is C28H30N6O3S. The van der Waals surface area contributed by atoms with Crippen molar-refractivity contribution in [3.8, 4) is 0 Å². The highest BCUT2D eigenvalue weighted by Crippen LogP contribution is 2.26.